The second kappa shape index (κ2) is 7.43. The molecule has 4 nitrogen and oxygen atoms in total. The molecule has 1 N–H and O–H groups in total. The number of nitrogens with one attached hydrogen (secondary N) is 1. The Kier molecular flexibility index (Phi) is 5.89. The van der Waals surface area contributed by atoms with Crippen LogP contribution in [0.15, 0.2) is 0 Å². The highest BCUT2D eigenvalue weighted by atomic mass is 16.5. The molecule has 0 aromatic rings. The lowest BCUT2D eigenvalue weighted by Crippen LogP contribution is -2.53. The molecular weight excluding hydrogens is 226 g/mol. The first-order valence-electron chi connectivity index (χ1n) is 7.47. The van der Waals surface area contributed by atoms with E-state index in [1.807, 2.05) is 0 Å². The number of likely N-dealkylation sites (N-methyl/N-ethyl adjacent to an activating group) is 2. The second-order valence-corrected chi connectivity index (χ2v) is 5.88. The first kappa shape index (κ1) is 14.3. The zero-order valence-corrected chi connectivity index (χ0v) is 12.0. The highest BCUT2D eigenvalue weighted by Crippen LogP contribution is 2.16. The van der Waals surface area contributed by atoms with Crippen LogP contribution in [0.1, 0.15) is 25.7 Å². The number of hydrogen-bond donors (Lipinski definition) is 1. The first-order chi connectivity index (χ1) is 8.75. The van der Waals surface area contributed by atoms with Gasteiger partial charge in [-0.1, -0.05) is 0 Å². The molecule has 2 heterocycles. The van der Waals surface area contributed by atoms with Crippen LogP contribution in [-0.2, 0) is 4.74 Å². The predicted octanol–water partition coefficient (Wildman–Crippen LogP) is 0.781. The summed E-state index contributed by atoms with van der Waals surface area (Å²) in [5, 5.41) is 3.61. The van der Waals surface area contributed by atoms with E-state index in [-0.39, 0.29) is 0 Å². The zero-order chi connectivity index (χ0) is 12.8. The van der Waals surface area contributed by atoms with Gasteiger partial charge in [-0.15, -0.1) is 0 Å². The third-order valence-corrected chi connectivity index (χ3v) is 4.26. The van der Waals surface area contributed by atoms with E-state index in [9.17, 15) is 0 Å². The van der Waals surface area contributed by atoms with E-state index in [0.717, 1.165) is 19.7 Å². The smallest absolute Gasteiger partial charge is 0.0576 e. The monoisotopic (exact) mass is 255 g/mol. The average Bonchev–Trinajstić information content (AvgIpc) is 2.86. The minimum absolute atomic E-state index is 0.551. The minimum Gasteiger partial charge on any atom is -0.378 e. The van der Waals surface area contributed by atoms with Crippen molar-refractivity contribution in [2.45, 2.75) is 37.8 Å². The fraction of sp³-hybridized carbons (Fsp3) is 1.00. The topological polar surface area (TPSA) is 27.7 Å². The molecule has 2 aliphatic heterocycles. The zero-order valence-electron chi connectivity index (χ0n) is 12.0. The molecule has 4 heteroatoms. The molecule has 2 atom stereocenters. The molecule has 2 fully saturated rings. The summed E-state index contributed by atoms with van der Waals surface area (Å²) in [4.78, 5) is 4.91. The Bertz CT molecular complexity index is 231. The Hall–Kier alpha value is -0.160. The molecule has 0 amide bonds. The summed E-state index contributed by atoms with van der Waals surface area (Å²) in [6.45, 7) is 6.82. The Labute approximate surface area is 112 Å². The van der Waals surface area contributed by atoms with Crippen molar-refractivity contribution < 1.29 is 4.74 Å². The molecule has 0 aliphatic carbocycles. The van der Waals surface area contributed by atoms with E-state index in [4.69, 9.17) is 4.74 Å². The van der Waals surface area contributed by atoms with Crippen molar-refractivity contribution in [3.8, 4) is 0 Å². The minimum atomic E-state index is 0.551. The van der Waals surface area contributed by atoms with E-state index in [1.54, 1.807) is 0 Å². The predicted molar refractivity (Wildman–Crippen MR) is 75.0 cm³/mol. The van der Waals surface area contributed by atoms with Crippen LogP contribution < -0.4 is 5.32 Å². The Balaban J connectivity index is 1.51. The molecule has 0 spiro atoms. The van der Waals surface area contributed by atoms with Crippen LogP contribution in [-0.4, -0.2) is 75.4 Å². The summed E-state index contributed by atoms with van der Waals surface area (Å²) in [5.41, 5.74) is 0. The fourth-order valence-corrected chi connectivity index (χ4v) is 2.92. The van der Waals surface area contributed by atoms with Gasteiger partial charge in [0.15, 0.2) is 0 Å². The Morgan fingerprint density at radius 1 is 1.28 bits per heavy atom. The molecule has 0 bridgehead atoms. The first-order valence-corrected chi connectivity index (χ1v) is 7.47. The van der Waals surface area contributed by atoms with Crippen LogP contribution in [0, 0.1) is 0 Å². The van der Waals surface area contributed by atoms with E-state index < -0.39 is 0 Å². The van der Waals surface area contributed by atoms with Crippen molar-refractivity contribution in [1.82, 2.24) is 15.1 Å². The molecular formula is C14H29N3O. The van der Waals surface area contributed by atoms with E-state index in [1.165, 1.54) is 45.3 Å². The quantitative estimate of drug-likeness (QED) is 0.710. The van der Waals surface area contributed by atoms with Crippen molar-refractivity contribution in [3.05, 3.63) is 0 Å². The third kappa shape index (κ3) is 4.50. The van der Waals surface area contributed by atoms with Gasteiger partial charge in [0.1, 0.15) is 0 Å². The number of piperazine rings is 1. The summed E-state index contributed by atoms with van der Waals surface area (Å²) in [7, 11) is 4.46. The Morgan fingerprint density at radius 3 is 2.94 bits per heavy atom. The van der Waals surface area contributed by atoms with Gasteiger partial charge in [0.05, 0.1) is 6.10 Å². The van der Waals surface area contributed by atoms with Gasteiger partial charge in [-0.05, 0) is 46.3 Å². The third-order valence-electron chi connectivity index (χ3n) is 4.26. The average molecular weight is 255 g/mol. The molecule has 2 rings (SSSR count). The van der Waals surface area contributed by atoms with Crippen molar-refractivity contribution >= 4 is 0 Å². The number of nitrogens with zero attached hydrogens (tertiary/aromatic N) is 2. The van der Waals surface area contributed by atoms with E-state index in [2.05, 4.69) is 29.2 Å². The lowest BCUT2D eigenvalue weighted by molar-refractivity contribution is 0.100. The van der Waals surface area contributed by atoms with Crippen LogP contribution >= 0.6 is 0 Å². The highest BCUT2D eigenvalue weighted by molar-refractivity contribution is 4.80. The molecule has 0 aromatic heterocycles. The maximum absolute atomic E-state index is 5.64. The van der Waals surface area contributed by atoms with Gasteiger partial charge >= 0.3 is 0 Å². The van der Waals surface area contributed by atoms with Crippen molar-refractivity contribution in [2.75, 3.05) is 53.4 Å². The lowest BCUT2D eigenvalue weighted by Gasteiger charge is -2.37. The number of rotatable bonds is 6. The van der Waals surface area contributed by atoms with Gasteiger partial charge in [0, 0.05) is 38.8 Å². The fourth-order valence-electron chi connectivity index (χ4n) is 2.92. The van der Waals surface area contributed by atoms with Crippen molar-refractivity contribution in [1.29, 1.82) is 0 Å². The summed E-state index contributed by atoms with van der Waals surface area (Å²) in [6.07, 6.45) is 5.56. The van der Waals surface area contributed by atoms with Gasteiger partial charge in [0.2, 0.25) is 0 Å². The van der Waals surface area contributed by atoms with Crippen LogP contribution in [0.2, 0.25) is 0 Å². The van der Waals surface area contributed by atoms with E-state index in [0.29, 0.717) is 12.1 Å². The van der Waals surface area contributed by atoms with Gasteiger partial charge < -0.3 is 15.0 Å². The molecule has 0 saturated carbocycles. The normalized spacial score (nSPS) is 31.0. The maximum Gasteiger partial charge on any atom is 0.0576 e. The van der Waals surface area contributed by atoms with E-state index >= 15 is 0 Å². The summed E-state index contributed by atoms with van der Waals surface area (Å²) >= 11 is 0. The molecule has 106 valence electrons. The molecule has 2 aliphatic rings. The lowest BCUT2D eigenvalue weighted by atomic mass is 10.1. The SMILES string of the molecule is CN1CCN(C)C(CNCCCC2CCCO2)C1. The van der Waals surface area contributed by atoms with Crippen molar-refractivity contribution in [3.63, 3.8) is 0 Å². The van der Waals surface area contributed by atoms with Crippen molar-refractivity contribution in [2.24, 2.45) is 0 Å². The van der Waals surface area contributed by atoms with Crippen LogP contribution in [0.5, 0.6) is 0 Å². The standard InChI is InChI=1S/C14H29N3O/c1-16-8-9-17(2)13(12-16)11-15-7-3-5-14-6-4-10-18-14/h13-15H,3-12H2,1-2H3. The maximum atomic E-state index is 5.64. The molecule has 18 heavy (non-hydrogen) atoms. The summed E-state index contributed by atoms with van der Waals surface area (Å²) < 4.78 is 5.64. The molecule has 0 radical (unpaired) electrons. The van der Waals surface area contributed by atoms with Gasteiger partial charge in [-0.25, -0.2) is 0 Å². The largest absolute Gasteiger partial charge is 0.378 e. The van der Waals surface area contributed by atoms with Gasteiger partial charge in [-0.3, -0.25) is 4.90 Å². The second-order valence-electron chi connectivity index (χ2n) is 5.88. The van der Waals surface area contributed by atoms with Crippen LogP contribution in [0.4, 0.5) is 0 Å². The summed E-state index contributed by atoms with van der Waals surface area (Å²) in [5.74, 6) is 0. The van der Waals surface area contributed by atoms with Gasteiger partial charge in [0.25, 0.3) is 0 Å². The van der Waals surface area contributed by atoms with Crippen LogP contribution in [0.25, 0.3) is 0 Å². The summed E-state index contributed by atoms with van der Waals surface area (Å²) in [6, 6.07) is 0.673. The Morgan fingerprint density at radius 2 is 2.17 bits per heavy atom. The number of hydrogen-bond acceptors (Lipinski definition) is 4. The van der Waals surface area contributed by atoms with Gasteiger partial charge in [-0.2, -0.15) is 0 Å². The molecule has 2 unspecified atom stereocenters. The highest BCUT2D eigenvalue weighted by Gasteiger charge is 2.21. The molecule has 0 aromatic carbocycles. The molecule has 2 saturated heterocycles. The van der Waals surface area contributed by atoms with Crippen LogP contribution in [0.3, 0.4) is 0 Å². The number of ether oxygens (including phenoxy) is 1.